The van der Waals surface area contributed by atoms with Crippen LogP contribution < -0.4 is 0 Å². The number of unbranched alkanes of at least 4 members (excludes halogenated alkanes) is 6. The molecule has 0 N–H and O–H groups in total. The minimum Gasteiger partial charge on any atom is -0.303 e. The molecule has 0 aliphatic rings. The molecule has 0 aromatic heterocycles. The third kappa shape index (κ3) is 9.23. The molecule has 0 radical (unpaired) electrons. The largest absolute Gasteiger partial charge is 0.303 e. The smallest absolute Gasteiger partial charge is 0.119 e. The predicted molar refractivity (Wildman–Crippen MR) is 47.2 cm³/mol. The first-order valence-electron chi connectivity index (χ1n) is 4.29. The molecule has 0 amide bonds. The normalized spacial score (nSPS) is 9.00. The van der Waals surface area contributed by atoms with E-state index in [1.54, 1.807) is 0 Å². The van der Waals surface area contributed by atoms with Crippen LogP contribution in [0.2, 0.25) is 0 Å². The van der Waals surface area contributed by atoms with Gasteiger partial charge in [-0.25, -0.2) is 0 Å². The fraction of sp³-hybridized carbons (Fsp3) is 0.700. The van der Waals surface area contributed by atoms with Crippen LogP contribution in [0, 0.1) is 12.3 Å². The molecule has 0 saturated carbocycles. The molecule has 0 bridgehead atoms. The van der Waals surface area contributed by atoms with Gasteiger partial charge in [0.05, 0.1) is 0 Å². The first kappa shape index (κ1) is 10.2. The zero-order chi connectivity index (χ0) is 8.36. The summed E-state index contributed by atoms with van der Waals surface area (Å²) in [7, 11) is 0. The van der Waals surface area contributed by atoms with Gasteiger partial charge in [0, 0.05) is 12.8 Å². The standard InChI is InChI=1S/C10H16O/c1-2-3-4-5-6-7-8-9-10-11/h1,10H,3-9H2. The second-order valence-corrected chi connectivity index (χ2v) is 2.68. The number of carbonyl (C=O) groups is 1. The van der Waals surface area contributed by atoms with E-state index in [0.29, 0.717) is 0 Å². The lowest BCUT2D eigenvalue weighted by molar-refractivity contribution is -0.107. The predicted octanol–water partition coefficient (Wildman–Crippen LogP) is 2.55. The van der Waals surface area contributed by atoms with Gasteiger partial charge in [-0.2, -0.15) is 0 Å². The van der Waals surface area contributed by atoms with Crippen molar-refractivity contribution in [1.29, 1.82) is 0 Å². The van der Waals surface area contributed by atoms with Crippen LogP contribution in [0.4, 0.5) is 0 Å². The highest BCUT2D eigenvalue weighted by Gasteiger charge is 1.88. The van der Waals surface area contributed by atoms with Gasteiger partial charge in [-0.3, -0.25) is 0 Å². The van der Waals surface area contributed by atoms with Crippen molar-refractivity contribution in [2.24, 2.45) is 0 Å². The molecule has 11 heavy (non-hydrogen) atoms. The molecule has 1 heteroatoms. The molecule has 0 heterocycles. The first-order chi connectivity index (χ1) is 5.41. The Bertz CT molecular complexity index is 121. The first-order valence-corrected chi connectivity index (χ1v) is 4.29. The molecule has 0 atom stereocenters. The van der Waals surface area contributed by atoms with Crippen LogP contribution in [0.3, 0.4) is 0 Å². The van der Waals surface area contributed by atoms with Crippen LogP contribution in [0.1, 0.15) is 44.9 Å². The van der Waals surface area contributed by atoms with Crippen LogP contribution in [-0.2, 0) is 4.79 Å². The fourth-order valence-corrected chi connectivity index (χ4v) is 0.985. The van der Waals surface area contributed by atoms with E-state index in [9.17, 15) is 4.79 Å². The summed E-state index contributed by atoms with van der Waals surface area (Å²) in [5.41, 5.74) is 0. The maximum absolute atomic E-state index is 9.91. The number of hydrogen-bond donors (Lipinski definition) is 0. The second-order valence-electron chi connectivity index (χ2n) is 2.68. The Balaban J connectivity index is 2.80. The molecule has 0 fully saturated rings. The maximum atomic E-state index is 9.91. The van der Waals surface area contributed by atoms with Crippen molar-refractivity contribution in [2.45, 2.75) is 44.9 Å². The van der Waals surface area contributed by atoms with E-state index in [0.717, 1.165) is 32.0 Å². The van der Waals surface area contributed by atoms with Crippen molar-refractivity contribution in [1.82, 2.24) is 0 Å². The maximum Gasteiger partial charge on any atom is 0.119 e. The zero-order valence-electron chi connectivity index (χ0n) is 7.01. The van der Waals surface area contributed by atoms with Crippen molar-refractivity contribution in [2.75, 3.05) is 0 Å². The van der Waals surface area contributed by atoms with Gasteiger partial charge in [-0.1, -0.05) is 19.3 Å². The van der Waals surface area contributed by atoms with Crippen molar-refractivity contribution >= 4 is 6.29 Å². The summed E-state index contributed by atoms with van der Waals surface area (Å²) >= 11 is 0. The number of hydrogen-bond acceptors (Lipinski definition) is 1. The highest BCUT2D eigenvalue weighted by atomic mass is 16.1. The summed E-state index contributed by atoms with van der Waals surface area (Å²) in [6.45, 7) is 0. The van der Waals surface area contributed by atoms with Crippen molar-refractivity contribution < 1.29 is 4.79 Å². The third-order valence-electron chi connectivity index (χ3n) is 1.64. The lowest BCUT2D eigenvalue weighted by Gasteiger charge is -1.95. The van der Waals surface area contributed by atoms with E-state index >= 15 is 0 Å². The Morgan fingerprint density at radius 2 is 1.73 bits per heavy atom. The molecule has 0 spiro atoms. The molecule has 0 aliphatic heterocycles. The van der Waals surface area contributed by atoms with Gasteiger partial charge in [0.25, 0.3) is 0 Å². The highest BCUT2D eigenvalue weighted by molar-refractivity contribution is 5.48. The fourth-order valence-electron chi connectivity index (χ4n) is 0.985. The second kappa shape index (κ2) is 9.23. The monoisotopic (exact) mass is 152 g/mol. The van der Waals surface area contributed by atoms with E-state index in [-0.39, 0.29) is 0 Å². The number of rotatable bonds is 7. The van der Waals surface area contributed by atoms with Gasteiger partial charge in [-0.05, 0) is 12.8 Å². The van der Waals surface area contributed by atoms with Gasteiger partial charge in [0.15, 0.2) is 0 Å². The van der Waals surface area contributed by atoms with Crippen LogP contribution in [0.25, 0.3) is 0 Å². The van der Waals surface area contributed by atoms with Gasteiger partial charge in [0.1, 0.15) is 6.29 Å². The number of terminal acetylenes is 1. The third-order valence-corrected chi connectivity index (χ3v) is 1.64. The summed E-state index contributed by atoms with van der Waals surface area (Å²) in [5, 5.41) is 0. The van der Waals surface area contributed by atoms with Crippen molar-refractivity contribution in [3.8, 4) is 12.3 Å². The molecule has 1 nitrogen and oxygen atoms in total. The number of aldehydes is 1. The van der Waals surface area contributed by atoms with Crippen molar-refractivity contribution in [3.05, 3.63) is 0 Å². The summed E-state index contributed by atoms with van der Waals surface area (Å²) in [6, 6.07) is 0. The minimum absolute atomic E-state index is 0.717. The molecule has 0 aliphatic carbocycles. The summed E-state index contributed by atoms with van der Waals surface area (Å²) in [4.78, 5) is 9.91. The molecule has 62 valence electrons. The lowest BCUT2D eigenvalue weighted by Crippen LogP contribution is -1.79. The molecule has 0 saturated heterocycles. The average molecular weight is 152 g/mol. The SMILES string of the molecule is C#CCCCCCCCC=O. The van der Waals surface area contributed by atoms with Crippen LogP contribution in [0.5, 0.6) is 0 Å². The molecule has 0 rings (SSSR count). The molecular weight excluding hydrogens is 136 g/mol. The van der Waals surface area contributed by atoms with Crippen LogP contribution in [0.15, 0.2) is 0 Å². The van der Waals surface area contributed by atoms with Crippen molar-refractivity contribution in [3.63, 3.8) is 0 Å². The Kier molecular flexibility index (Phi) is 8.58. The molecule has 0 aromatic rings. The summed E-state index contributed by atoms with van der Waals surface area (Å²) in [6.07, 6.45) is 13.5. The molecule has 0 aromatic carbocycles. The molecule has 0 unspecified atom stereocenters. The van der Waals surface area contributed by atoms with Crippen LogP contribution in [-0.4, -0.2) is 6.29 Å². The Labute approximate surface area is 69.2 Å². The van der Waals surface area contributed by atoms with E-state index < -0.39 is 0 Å². The van der Waals surface area contributed by atoms with E-state index in [4.69, 9.17) is 6.42 Å². The highest BCUT2D eigenvalue weighted by Crippen LogP contribution is 2.05. The van der Waals surface area contributed by atoms with Gasteiger partial charge in [-0.15, -0.1) is 12.3 Å². The van der Waals surface area contributed by atoms with E-state index in [1.165, 1.54) is 19.3 Å². The van der Waals surface area contributed by atoms with Gasteiger partial charge < -0.3 is 4.79 Å². The minimum atomic E-state index is 0.717. The van der Waals surface area contributed by atoms with E-state index in [1.807, 2.05) is 0 Å². The average Bonchev–Trinajstić information content (AvgIpc) is 2.03. The van der Waals surface area contributed by atoms with Gasteiger partial charge >= 0.3 is 0 Å². The summed E-state index contributed by atoms with van der Waals surface area (Å²) < 4.78 is 0. The number of carbonyl (C=O) groups excluding carboxylic acids is 1. The summed E-state index contributed by atoms with van der Waals surface area (Å²) in [5.74, 6) is 2.61. The van der Waals surface area contributed by atoms with Crippen LogP contribution >= 0.6 is 0 Å². The topological polar surface area (TPSA) is 17.1 Å². The van der Waals surface area contributed by atoms with E-state index in [2.05, 4.69) is 5.92 Å². The Morgan fingerprint density at radius 1 is 1.09 bits per heavy atom. The lowest BCUT2D eigenvalue weighted by atomic mass is 10.1. The Morgan fingerprint density at radius 3 is 2.36 bits per heavy atom. The Hall–Kier alpha value is -0.770. The van der Waals surface area contributed by atoms with Gasteiger partial charge in [0.2, 0.25) is 0 Å². The quantitative estimate of drug-likeness (QED) is 0.311. The zero-order valence-corrected chi connectivity index (χ0v) is 7.01. The molecular formula is C10H16O.